The number of rotatable bonds is 5. The molecule has 0 atom stereocenters. The lowest BCUT2D eigenvalue weighted by molar-refractivity contribution is -0.136. The van der Waals surface area contributed by atoms with Crippen molar-refractivity contribution >= 4 is 39.2 Å². The van der Waals surface area contributed by atoms with E-state index in [4.69, 9.17) is 16.7 Å². The summed E-state index contributed by atoms with van der Waals surface area (Å²) < 4.78 is 0.934. The predicted molar refractivity (Wildman–Crippen MR) is 84.3 cm³/mol. The molecule has 2 N–H and O–H groups in total. The molecule has 0 bridgehead atoms. The first-order valence-corrected chi connectivity index (χ1v) is 7.21. The minimum atomic E-state index is -0.835. The molecule has 0 fully saturated rings. The average molecular weight is 355 g/mol. The highest BCUT2D eigenvalue weighted by atomic mass is 79.9. The quantitative estimate of drug-likeness (QED) is 0.839. The Morgan fingerprint density at radius 1 is 1.20 bits per heavy atom. The average Bonchev–Trinajstić information content (AvgIpc) is 2.41. The molecule has 5 heteroatoms. The summed E-state index contributed by atoms with van der Waals surface area (Å²) in [6, 6.07) is 13.0. The van der Waals surface area contributed by atoms with Crippen molar-refractivity contribution < 1.29 is 9.90 Å². The maximum atomic E-state index is 10.8. The molecule has 104 valence electrons. The predicted octanol–water partition coefficient (Wildman–Crippen LogP) is 4.34. The van der Waals surface area contributed by atoms with Gasteiger partial charge in [-0.05, 0) is 29.3 Å². The fourth-order valence-electron chi connectivity index (χ4n) is 1.89. The van der Waals surface area contributed by atoms with Gasteiger partial charge < -0.3 is 10.4 Å². The third-order valence-corrected chi connectivity index (χ3v) is 3.68. The number of benzene rings is 2. The lowest BCUT2D eigenvalue weighted by atomic mass is 10.0. The van der Waals surface area contributed by atoms with Gasteiger partial charge in [-0.2, -0.15) is 0 Å². The highest BCUT2D eigenvalue weighted by molar-refractivity contribution is 9.10. The monoisotopic (exact) mass is 353 g/mol. The molecule has 0 aliphatic carbocycles. The van der Waals surface area contributed by atoms with E-state index in [1.807, 2.05) is 36.4 Å². The van der Waals surface area contributed by atoms with Crippen LogP contribution in [0.1, 0.15) is 11.1 Å². The summed E-state index contributed by atoms with van der Waals surface area (Å²) in [4.78, 5) is 10.8. The first kappa shape index (κ1) is 14.9. The molecule has 2 rings (SSSR count). The van der Waals surface area contributed by atoms with Crippen LogP contribution >= 0.6 is 27.5 Å². The number of carboxylic acid groups (broad SMARTS) is 1. The van der Waals surface area contributed by atoms with Crippen molar-refractivity contribution in [3.8, 4) is 0 Å². The Balaban J connectivity index is 2.14. The van der Waals surface area contributed by atoms with Crippen molar-refractivity contribution in [2.24, 2.45) is 0 Å². The van der Waals surface area contributed by atoms with Gasteiger partial charge in [-0.15, -0.1) is 0 Å². The van der Waals surface area contributed by atoms with Crippen LogP contribution in [0.4, 0.5) is 5.69 Å². The zero-order chi connectivity index (χ0) is 14.5. The summed E-state index contributed by atoms with van der Waals surface area (Å²) in [6.07, 6.45) is 0.0179. The Morgan fingerprint density at radius 2 is 1.90 bits per heavy atom. The first-order valence-electron chi connectivity index (χ1n) is 6.04. The van der Waals surface area contributed by atoms with Crippen molar-refractivity contribution in [3.63, 3.8) is 0 Å². The summed E-state index contributed by atoms with van der Waals surface area (Å²) >= 11 is 9.50. The van der Waals surface area contributed by atoms with E-state index < -0.39 is 5.97 Å². The lowest BCUT2D eigenvalue weighted by Crippen LogP contribution is -2.07. The van der Waals surface area contributed by atoms with Gasteiger partial charge in [-0.1, -0.05) is 51.8 Å². The summed E-state index contributed by atoms with van der Waals surface area (Å²) in [5.41, 5.74) is 2.57. The van der Waals surface area contributed by atoms with Crippen molar-refractivity contribution in [1.29, 1.82) is 0 Å². The van der Waals surface area contributed by atoms with Gasteiger partial charge in [-0.25, -0.2) is 0 Å². The minimum Gasteiger partial charge on any atom is -0.481 e. The molecule has 0 amide bonds. The van der Waals surface area contributed by atoms with Crippen LogP contribution < -0.4 is 5.32 Å². The van der Waals surface area contributed by atoms with Gasteiger partial charge in [0, 0.05) is 11.0 Å². The molecule has 0 saturated carbocycles. The smallest absolute Gasteiger partial charge is 0.307 e. The van der Waals surface area contributed by atoms with E-state index in [1.54, 1.807) is 6.07 Å². The van der Waals surface area contributed by atoms with Crippen LogP contribution in [0.3, 0.4) is 0 Å². The van der Waals surface area contributed by atoms with E-state index in [2.05, 4.69) is 21.2 Å². The SMILES string of the molecule is O=C(O)Cc1ccccc1CNc1cc(Br)ccc1Cl. The molecular formula is C15H13BrClNO2. The van der Waals surface area contributed by atoms with Gasteiger partial charge in [0.15, 0.2) is 0 Å². The topological polar surface area (TPSA) is 49.3 Å². The maximum Gasteiger partial charge on any atom is 0.307 e. The highest BCUT2D eigenvalue weighted by Gasteiger charge is 2.07. The largest absolute Gasteiger partial charge is 0.481 e. The molecule has 0 aliphatic heterocycles. The zero-order valence-electron chi connectivity index (χ0n) is 10.6. The molecule has 0 spiro atoms. The standard InChI is InChI=1S/C15H13BrClNO2/c16-12-5-6-13(17)14(8-12)18-9-11-4-2-1-3-10(11)7-15(19)20/h1-6,8,18H,7,9H2,(H,19,20). The maximum absolute atomic E-state index is 10.8. The molecule has 2 aromatic carbocycles. The summed E-state index contributed by atoms with van der Waals surface area (Å²) in [7, 11) is 0. The van der Waals surface area contributed by atoms with Crippen LogP contribution in [-0.4, -0.2) is 11.1 Å². The van der Waals surface area contributed by atoms with Gasteiger partial charge in [0.1, 0.15) is 0 Å². The van der Waals surface area contributed by atoms with Crippen molar-refractivity contribution in [2.45, 2.75) is 13.0 Å². The van der Waals surface area contributed by atoms with Crippen LogP contribution in [0, 0.1) is 0 Å². The van der Waals surface area contributed by atoms with E-state index in [1.165, 1.54) is 0 Å². The molecule has 0 aliphatic rings. The summed E-state index contributed by atoms with van der Waals surface area (Å²) in [5.74, 6) is -0.835. The van der Waals surface area contributed by atoms with Crippen LogP contribution in [-0.2, 0) is 17.8 Å². The van der Waals surface area contributed by atoms with Crippen molar-refractivity contribution in [1.82, 2.24) is 0 Å². The third-order valence-electron chi connectivity index (χ3n) is 2.86. The number of aliphatic carboxylic acids is 1. The Morgan fingerprint density at radius 3 is 2.60 bits per heavy atom. The minimum absolute atomic E-state index is 0.0179. The van der Waals surface area contributed by atoms with E-state index >= 15 is 0 Å². The van der Waals surface area contributed by atoms with Crippen molar-refractivity contribution in [3.05, 3.63) is 63.1 Å². The number of hydrogen-bond acceptors (Lipinski definition) is 2. The van der Waals surface area contributed by atoms with E-state index in [0.29, 0.717) is 11.6 Å². The van der Waals surface area contributed by atoms with Crippen molar-refractivity contribution in [2.75, 3.05) is 5.32 Å². The van der Waals surface area contributed by atoms with E-state index in [9.17, 15) is 4.79 Å². The number of nitrogens with one attached hydrogen (secondary N) is 1. The second-order valence-electron chi connectivity index (χ2n) is 4.32. The molecular weight excluding hydrogens is 342 g/mol. The van der Waals surface area contributed by atoms with Gasteiger partial charge in [0.2, 0.25) is 0 Å². The normalized spacial score (nSPS) is 10.3. The molecule has 0 heterocycles. The number of hydrogen-bond donors (Lipinski definition) is 2. The van der Waals surface area contributed by atoms with Gasteiger partial charge >= 0.3 is 5.97 Å². The number of halogens is 2. The van der Waals surface area contributed by atoms with Crippen LogP contribution in [0.15, 0.2) is 46.9 Å². The van der Waals surface area contributed by atoms with Gasteiger partial charge in [0.25, 0.3) is 0 Å². The summed E-state index contributed by atoms with van der Waals surface area (Å²) in [5, 5.41) is 12.8. The zero-order valence-corrected chi connectivity index (χ0v) is 12.9. The van der Waals surface area contributed by atoms with Gasteiger partial charge in [0.05, 0.1) is 17.1 Å². The summed E-state index contributed by atoms with van der Waals surface area (Å²) in [6.45, 7) is 0.527. The molecule has 3 nitrogen and oxygen atoms in total. The Kier molecular flexibility index (Phi) is 5.04. The number of anilines is 1. The number of carboxylic acids is 1. The van der Waals surface area contributed by atoms with Crippen LogP contribution in [0.2, 0.25) is 5.02 Å². The Labute approximate surface area is 130 Å². The molecule has 0 aromatic heterocycles. The third kappa shape index (κ3) is 3.99. The fourth-order valence-corrected chi connectivity index (χ4v) is 2.43. The molecule has 2 aromatic rings. The molecule has 0 saturated heterocycles. The second kappa shape index (κ2) is 6.77. The van der Waals surface area contributed by atoms with Crippen LogP contribution in [0.25, 0.3) is 0 Å². The molecule has 0 unspecified atom stereocenters. The van der Waals surface area contributed by atoms with Crippen LogP contribution in [0.5, 0.6) is 0 Å². The lowest BCUT2D eigenvalue weighted by Gasteiger charge is -2.12. The Bertz CT molecular complexity index is 631. The van der Waals surface area contributed by atoms with E-state index in [0.717, 1.165) is 21.3 Å². The number of carbonyl (C=O) groups is 1. The first-order chi connectivity index (χ1) is 9.56. The molecule has 0 radical (unpaired) electrons. The second-order valence-corrected chi connectivity index (χ2v) is 5.64. The fraction of sp³-hybridized carbons (Fsp3) is 0.133. The molecule has 20 heavy (non-hydrogen) atoms. The van der Waals surface area contributed by atoms with Gasteiger partial charge in [-0.3, -0.25) is 4.79 Å². The highest BCUT2D eigenvalue weighted by Crippen LogP contribution is 2.26. The Hall–Kier alpha value is -1.52. The van der Waals surface area contributed by atoms with E-state index in [-0.39, 0.29) is 6.42 Å².